The molecule has 29 heavy (non-hydrogen) atoms. The number of rotatable bonds is 4. The second-order valence-corrected chi connectivity index (χ2v) is 10.5. The van der Waals surface area contributed by atoms with Gasteiger partial charge in [-0.2, -0.15) is 4.31 Å². The molecule has 3 fully saturated rings. The number of halogens is 1. The molecule has 0 N–H and O–H groups in total. The maximum absolute atomic E-state index is 13.4. The highest BCUT2D eigenvalue weighted by Crippen LogP contribution is 2.36. The lowest BCUT2D eigenvalue weighted by molar-refractivity contribution is -0.135. The molecular weight excluding hydrogens is 393 g/mol. The third-order valence-corrected chi connectivity index (χ3v) is 8.66. The summed E-state index contributed by atoms with van der Waals surface area (Å²) in [5.74, 6) is 1.06. The normalized spacial score (nSPS) is 26.9. The average Bonchev–Trinajstić information content (AvgIpc) is 2.74. The molecule has 2 atom stereocenters. The van der Waals surface area contributed by atoms with Crippen LogP contribution >= 0.6 is 0 Å². The Balaban J connectivity index is 1.29. The highest BCUT2D eigenvalue weighted by atomic mass is 32.2. The Morgan fingerprint density at radius 1 is 1.00 bits per heavy atom. The van der Waals surface area contributed by atoms with Crippen molar-refractivity contribution in [1.29, 1.82) is 0 Å². The van der Waals surface area contributed by atoms with Gasteiger partial charge < -0.3 is 4.90 Å². The second-order valence-electron chi connectivity index (χ2n) is 8.57. The Hall–Kier alpha value is -1.51. The minimum atomic E-state index is -3.70. The molecule has 0 radical (unpaired) electrons. The summed E-state index contributed by atoms with van der Waals surface area (Å²) in [6.45, 7) is 3.75. The number of fused-ring (bicyclic) bond motifs is 1. The highest BCUT2D eigenvalue weighted by Gasteiger charge is 2.34. The minimum Gasteiger partial charge on any atom is -0.341 e. The van der Waals surface area contributed by atoms with E-state index >= 15 is 0 Å². The number of carbonyl (C=O) groups is 1. The van der Waals surface area contributed by atoms with E-state index in [4.69, 9.17) is 0 Å². The molecule has 1 aromatic carbocycles. The zero-order chi connectivity index (χ0) is 20.4. The van der Waals surface area contributed by atoms with Crippen molar-refractivity contribution in [3.63, 3.8) is 0 Å². The molecule has 160 valence electrons. The lowest BCUT2D eigenvalue weighted by Crippen LogP contribution is -2.53. The molecule has 0 bridgehead atoms. The fraction of sp³-hybridized carbons (Fsp3) is 0.667. The van der Waals surface area contributed by atoms with Gasteiger partial charge >= 0.3 is 0 Å². The van der Waals surface area contributed by atoms with Crippen LogP contribution in [0.5, 0.6) is 0 Å². The van der Waals surface area contributed by atoms with E-state index in [1.54, 1.807) is 0 Å². The highest BCUT2D eigenvalue weighted by molar-refractivity contribution is 7.89. The molecule has 2 aliphatic heterocycles. The molecule has 0 unspecified atom stereocenters. The average molecular weight is 424 g/mol. The van der Waals surface area contributed by atoms with Gasteiger partial charge in [0.05, 0.1) is 11.4 Å². The molecular formula is C21H30FN3O3S. The second kappa shape index (κ2) is 8.70. The number of benzene rings is 1. The maximum Gasteiger partial charge on any atom is 0.243 e. The number of piperazine rings is 1. The molecule has 1 aliphatic carbocycles. The van der Waals surface area contributed by atoms with Gasteiger partial charge in [-0.25, -0.2) is 12.8 Å². The number of piperidine rings is 1. The van der Waals surface area contributed by atoms with Crippen LogP contribution in [0.3, 0.4) is 0 Å². The maximum atomic E-state index is 13.4. The van der Waals surface area contributed by atoms with Crippen LogP contribution in [0.2, 0.25) is 0 Å². The van der Waals surface area contributed by atoms with Gasteiger partial charge in [0.15, 0.2) is 0 Å². The largest absolute Gasteiger partial charge is 0.341 e. The zero-order valence-electron chi connectivity index (χ0n) is 16.8. The van der Waals surface area contributed by atoms with E-state index in [2.05, 4.69) is 0 Å². The fourth-order valence-electron chi connectivity index (χ4n) is 5.02. The number of hydrogen-bond acceptors (Lipinski definition) is 4. The molecule has 3 aliphatic rings. The van der Waals surface area contributed by atoms with Crippen molar-refractivity contribution in [2.24, 2.45) is 11.8 Å². The molecule has 2 heterocycles. The number of amides is 1. The number of carbonyl (C=O) groups excluding carboxylic acids is 1. The van der Waals surface area contributed by atoms with Crippen LogP contribution in [-0.4, -0.2) is 74.2 Å². The number of sulfonamides is 1. The molecule has 1 amide bonds. The molecule has 8 heteroatoms. The molecule has 1 saturated carbocycles. The van der Waals surface area contributed by atoms with Crippen molar-refractivity contribution in [3.8, 4) is 0 Å². The van der Waals surface area contributed by atoms with Crippen molar-refractivity contribution < 1.29 is 17.6 Å². The third-order valence-electron chi connectivity index (χ3n) is 6.77. The molecule has 0 aromatic heterocycles. The topological polar surface area (TPSA) is 60.9 Å². The van der Waals surface area contributed by atoms with Crippen LogP contribution in [0, 0.1) is 17.7 Å². The van der Waals surface area contributed by atoms with E-state index in [9.17, 15) is 17.6 Å². The van der Waals surface area contributed by atoms with Crippen LogP contribution in [0.15, 0.2) is 29.2 Å². The monoisotopic (exact) mass is 423 g/mol. The SMILES string of the molecule is O=C(CN1CCN(S(=O)(=O)c2cccc(F)c2)CC1)N1CC[C@@H]2CCCC[C@@H]2C1. The molecule has 4 rings (SSSR count). The minimum absolute atomic E-state index is 0.0163. The van der Waals surface area contributed by atoms with Gasteiger partial charge in [0.2, 0.25) is 15.9 Å². The van der Waals surface area contributed by atoms with Gasteiger partial charge in [-0.3, -0.25) is 9.69 Å². The van der Waals surface area contributed by atoms with Crippen LogP contribution < -0.4 is 0 Å². The van der Waals surface area contributed by atoms with Crippen LogP contribution in [0.25, 0.3) is 0 Å². The number of likely N-dealkylation sites (tertiary alicyclic amines) is 1. The third kappa shape index (κ3) is 4.64. The Morgan fingerprint density at radius 3 is 2.45 bits per heavy atom. The Kier molecular flexibility index (Phi) is 6.22. The van der Waals surface area contributed by atoms with Crippen LogP contribution in [0.4, 0.5) is 4.39 Å². The van der Waals surface area contributed by atoms with E-state index in [0.29, 0.717) is 38.6 Å². The first-order valence-corrected chi connectivity index (χ1v) is 12.1. The van der Waals surface area contributed by atoms with E-state index < -0.39 is 15.8 Å². The predicted octanol–water partition coefficient (Wildman–Crippen LogP) is 2.17. The van der Waals surface area contributed by atoms with Crippen molar-refractivity contribution in [3.05, 3.63) is 30.1 Å². The molecule has 0 spiro atoms. The predicted molar refractivity (Wildman–Crippen MR) is 108 cm³/mol. The summed E-state index contributed by atoms with van der Waals surface area (Å²) in [6.07, 6.45) is 6.29. The van der Waals surface area contributed by atoms with E-state index in [-0.39, 0.29) is 10.8 Å². The Labute approximate surface area is 172 Å². The first-order valence-electron chi connectivity index (χ1n) is 10.7. The zero-order valence-corrected chi connectivity index (χ0v) is 17.6. The van der Waals surface area contributed by atoms with Crippen molar-refractivity contribution in [2.75, 3.05) is 45.8 Å². The van der Waals surface area contributed by atoms with E-state index in [1.807, 2.05) is 9.80 Å². The lowest BCUT2D eigenvalue weighted by Gasteiger charge is -2.42. The van der Waals surface area contributed by atoms with Gasteiger partial charge in [0, 0.05) is 39.3 Å². The van der Waals surface area contributed by atoms with Gasteiger partial charge in [-0.05, 0) is 42.9 Å². The van der Waals surface area contributed by atoms with Crippen molar-refractivity contribution >= 4 is 15.9 Å². The molecule has 6 nitrogen and oxygen atoms in total. The van der Waals surface area contributed by atoms with Gasteiger partial charge in [0.1, 0.15) is 5.82 Å². The Morgan fingerprint density at radius 2 is 1.72 bits per heavy atom. The smallest absolute Gasteiger partial charge is 0.243 e. The van der Waals surface area contributed by atoms with Crippen molar-refractivity contribution in [1.82, 2.24) is 14.1 Å². The van der Waals surface area contributed by atoms with Gasteiger partial charge in [0.25, 0.3) is 0 Å². The summed E-state index contributed by atoms with van der Waals surface area (Å²) in [7, 11) is -3.70. The van der Waals surface area contributed by atoms with Crippen LogP contribution in [0.1, 0.15) is 32.1 Å². The lowest BCUT2D eigenvalue weighted by atomic mass is 9.75. The summed E-state index contributed by atoms with van der Waals surface area (Å²) in [6, 6.07) is 5.12. The van der Waals surface area contributed by atoms with Gasteiger partial charge in [-0.1, -0.05) is 25.3 Å². The molecule has 2 saturated heterocycles. The quantitative estimate of drug-likeness (QED) is 0.745. The summed E-state index contributed by atoms with van der Waals surface area (Å²) in [4.78, 5) is 16.8. The van der Waals surface area contributed by atoms with E-state index in [1.165, 1.54) is 48.2 Å². The summed E-state index contributed by atoms with van der Waals surface area (Å²) >= 11 is 0. The number of nitrogens with zero attached hydrogens (tertiary/aromatic N) is 3. The molecule has 1 aromatic rings. The summed E-state index contributed by atoms with van der Waals surface area (Å²) < 4.78 is 40.2. The first-order chi connectivity index (χ1) is 13.9. The summed E-state index contributed by atoms with van der Waals surface area (Å²) in [5.41, 5.74) is 0. The van der Waals surface area contributed by atoms with Crippen molar-refractivity contribution in [2.45, 2.75) is 37.0 Å². The number of hydrogen-bond donors (Lipinski definition) is 0. The fourth-order valence-corrected chi connectivity index (χ4v) is 6.48. The summed E-state index contributed by atoms with van der Waals surface area (Å²) in [5, 5.41) is 0. The Bertz CT molecular complexity index is 839. The van der Waals surface area contributed by atoms with E-state index in [0.717, 1.165) is 31.5 Å². The standard InChI is InChI=1S/C21H30FN3O3S/c22-19-6-3-7-20(14-19)29(27,28)25-12-10-23(11-13-25)16-21(26)24-9-8-17-4-1-2-5-18(17)15-24/h3,6-7,14,17-18H,1-2,4-5,8-13,15-16H2/t17-,18+/m0/s1. The van der Waals surface area contributed by atoms with Gasteiger partial charge in [-0.15, -0.1) is 0 Å². The van der Waals surface area contributed by atoms with Crippen LogP contribution in [-0.2, 0) is 14.8 Å². The first kappa shape index (κ1) is 20.8.